The van der Waals surface area contributed by atoms with Gasteiger partial charge >= 0.3 is 0 Å². The van der Waals surface area contributed by atoms with Crippen molar-refractivity contribution in [3.8, 4) is 56.4 Å². The Morgan fingerprint density at radius 3 is 1.42 bits per heavy atom. The number of rotatable bonds is 6. The Labute approximate surface area is 332 Å². The van der Waals surface area contributed by atoms with Crippen molar-refractivity contribution in [3.05, 3.63) is 212 Å². The van der Waals surface area contributed by atoms with Gasteiger partial charge in [0.2, 0.25) is 0 Å². The van der Waals surface area contributed by atoms with E-state index in [0.717, 1.165) is 22.3 Å². The van der Waals surface area contributed by atoms with Crippen LogP contribution in [0.4, 0.5) is 0 Å². The third-order valence-electron chi connectivity index (χ3n) is 11.6. The normalized spacial score (nSPS) is 12.7. The molecule has 11 rings (SSSR count). The van der Waals surface area contributed by atoms with Gasteiger partial charge in [-0.2, -0.15) is 0 Å². The van der Waals surface area contributed by atoms with E-state index in [1.54, 1.807) is 0 Å². The van der Waals surface area contributed by atoms with Gasteiger partial charge in [0.25, 0.3) is 0 Å². The molecule has 2 heterocycles. The summed E-state index contributed by atoms with van der Waals surface area (Å²) in [4.78, 5) is 15.6. The molecule has 4 heteroatoms. The lowest BCUT2D eigenvalue weighted by Crippen LogP contribution is -2.72. The van der Waals surface area contributed by atoms with Crippen LogP contribution in [0.25, 0.3) is 78.0 Å². The molecule has 0 saturated heterocycles. The first kappa shape index (κ1) is 33.1. The first-order valence-electron chi connectivity index (χ1n) is 19.4. The molecule has 0 aliphatic carbocycles. The molecule has 0 saturated carbocycles. The van der Waals surface area contributed by atoms with Crippen LogP contribution in [0.3, 0.4) is 0 Å². The summed E-state index contributed by atoms with van der Waals surface area (Å²) in [7, 11) is -2.79. The van der Waals surface area contributed by atoms with Crippen molar-refractivity contribution in [3.63, 3.8) is 0 Å². The molecule has 3 nitrogen and oxygen atoms in total. The van der Waals surface area contributed by atoms with Crippen molar-refractivity contribution in [2.24, 2.45) is 0 Å². The summed E-state index contributed by atoms with van der Waals surface area (Å²) in [5.41, 5.74) is 7.81. The van der Waals surface area contributed by atoms with Gasteiger partial charge in [0.15, 0.2) is 25.5 Å². The van der Waals surface area contributed by atoms with Crippen LogP contribution in [0.2, 0.25) is 0 Å². The molecule has 9 aromatic carbocycles. The van der Waals surface area contributed by atoms with Gasteiger partial charge in [0, 0.05) is 16.7 Å². The number of aromatic nitrogens is 3. The second-order valence-electron chi connectivity index (χ2n) is 14.8. The van der Waals surface area contributed by atoms with Crippen LogP contribution in [0.5, 0.6) is 0 Å². The van der Waals surface area contributed by atoms with Crippen LogP contribution in [0.1, 0.15) is 0 Å². The zero-order chi connectivity index (χ0) is 37.8. The highest BCUT2D eigenvalue weighted by atomic mass is 28.3. The lowest BCUT2D eigenvalue weighted by molar-refractivity contribution is 1.07. The second kappa shape index (κ2) is 13.5. The maximum absolute atomic E-state index is 5.26. The van der Waals surface area contributed by atoms with Gasteiger partial charge in [-0.1, -0.05) is 206 Å². The summed E-state index contributed by atoms with van der Waals surface area (Å²) in [6.07, 6.45) is 0. The maximum atomic E-state index is 5.26. The van der Waals surface area contributed by atoms with Crippen LogP contribution in [0.15, 0.2) is 212 Å². The lowest BCUT2D eigenvalue weighted by Gasteiger charge is -2.31. The summed E-state index contributed by atoms with van der Waals surface area (Å²) in [6.45, 7) is 0. The Bertz CT molecular complexity index is 3060. The monoisotopic (exact) mass is 741 g/mol. The van der Waals surface area contributed by atoms with E-state index in [4.69, 9.17) is 15.0 Å². The molecule has 57 heavy (non-hydrogen) atoms. The zero-order valence-electron chi connectivity index (χ0n) is 31.0. The topological polar surface area (TPSA) is 38.7 Å². The fourth-order valence-corrected chi connectivity index (χ4v) is 14.2. The molecule has 0 bridgehead atoms. The van der Waals surface area contributed by atoms with Crippen LogP contribution >= 0.6 is 0 Å². The molecule has 0 spiro atoms. The van der Waals surface area contributed by atoms with Crippen molar-refractivity contribution >= 4 is 50.4 Å². The van der Waals surface area contributed by atoms with E-state index >= 15 is 0 Å². The number of benzene rings is 9. The lowest BCUT2D eigenvalue weighted by atomic mass is 9.97. The smallest absolute Gasteiger partial charge is 0.180 e. The molecule has 0 unspecified atom stereocenters. The Kier molecular flexibility index (Phi) is 7.83. The predicted molar refractivity (Wildman–Crippen MR) is 239 cm³/mol. The van der Waals surface area contributed by atoms with Crippen LogP contribution in [0, 0.1) is 0 Å². The van der Waals surface area contributed by atoms with Gasteiger partial charge in [-0.3, -0.25) is 0 Å². The average Bonchev–Trinajstić information content (AvgIpc) is 3.58. The molecule has 1 aliphatic heterocycles. The first-order chi connectivity index (χ1) is 28.2. The molecule has 0 amide bonds. The minimum absolute atomic E-state index is 0.646. The van der Waals surface area contributed by atoms with Crippen LogP contribution in [-0.2, 0) is 0 Å². The van der Waals surface area contributed by atoms with Crippen LogP contribution < -0.4 is 20.7 Å². The molecular formula is C53H35N3Si. The molecule has 266 valence electrons. The van der Waals surface area contributed by atoms with Gasteiger partial charge in [-0.15, -0.1) is 0 Å². The van der Waals surface area contributed by atoms with Crippen LogP contribution in [-0.4, -0.2) is 23.0 Å². The third-order valence-corrected chi connectivity index (χ3v) is 16.4. The van der Waals surface area contributed by atoms with E-state index in [9.17, 15) is 0 Å². The number of hydrogen-bond acceptors (Lipinski definition) is 3. The number of fused-ring (bicyclic) bond motifs is 5. The zero-order valence-corrected chi connectivity index (χ0v) is 32.0. The van der Waals surface area contributed by atoms with Gasteiger partial charge in [0.1, 0.15) is 0 Å². The largest absolute Gasteiger partial charge is 0.208 e. The summed E-state index contributed by atoms with van der Waals surface area (Å²) in [5, 5.41) is 10.5. The summed E-state index contributed by atoms with van der Waals surface area (Å²) >= 11 is 0. The quantitative estimate of drug-likeness (QED) is 0.159. The van der Waals surface area contributed by atoms with Crippen molar-refractivity contribution < 1.29 is 0 Å². The summed E-state index contributed by atoms with van der Waals surface area (Å²) in [6, 6.07) is 76.7. The number of hydrogen-bond donors (Lipinski definition) is 0. The average molecular weight is 742 g/mol. The van der Waals surface area contributed by atoms with E-state index in [0.29, 0.717) is 17.5 Å². The molecule has 0 radical (unpaired) electrons. The van der Waals surface area contributed by atoms with E-state index < -0.39 is 8.07 Å². The van der Waals surface area contributed by atoms with Crippen molar-refractivity contribution in [2.45, 2.75) is 0 Å². The molecule has 1 aliphatic rings. The first-order valence-corrected chi connectivity index (χ1v) is 21.4. The fourth-order valence-electron chi connectivity index (χ4n) is 8.94. The van der Waals surface area contributed by atoms with Crippen molar-refractivity contribution in [2.75, 3.05) is 0 Å². The van der Waals surface area contributed by atoms with Gasteiger partial charge in [-0.25, -0.2) is 15.0 Å². The predicted octanol–water partition coefficient (Wildman–Crippen LogP) is 10.2. The summed E-state index contributed by atoms with van der Waals surface area (Å²) < 4.78 is 0. The Hall–Kier alpha value is -7.27. The Morgan fingerprint density at radius 2 is 0.754 bits per heavy atom. The Balaban J connectivity index is 1.12. The fraction of sp³-hybridized carbons (Fsp3) is 0. The minimum Gasteiger partial charge on any atom is -0.208 e. The number of nitrogens with zero attached hydrogens (tertiary/aromatic N) is 3. The van der Waals surface area contributed by atoms with Gasteiger partial charge < -0.3 is 0 Å². The van der Waals surface area contributed by atoms with Gasteiger partial charge in [-0.05, 0) is 70.6 Å². The maximum Gasteiger partial charge on any atom is 0.180 e. The molecular weight excluding hydrogens is 707 g/mol. The molecule has 1 aromatic heterocycles. The SMILES string of the molecule is c1ccc(-c2nc(-c3ccc(-c4cccc5ccccc45)cc3)nc(-c3ccc4c(c3)[Si](c3ccccc3)(c3ccccc3)c3cc5ccccc5cc3-4)n2)cc1. The Morgan fingerprint density at radius 1 is 0.281 bits per heavy atom. The summed E-state index contributed by atoms with van der Waals surface area (Å²) in [5.74, 6) is 1.95. The van der Waals surface area contributed by atoms with E-state index in [-0.39, 0.29) is 0 Å². The van der Waals surface area contributed by atoms with E-state index in [1.807, 2.05) is 18.2 Å². The molecule has 10 aromatic rings. The van der Waals surface area contributed by atoms with Gasteiger partial charge in [0.05, 0.1) is 0 Å². The molecule has 0 fully saturated rings. The third kappa shape index (κ3) is 5.45. The highest BCUT2D eigenvalue weighted by Gasteiger charge is 2.49. The van der Waals surface area contributed by atoms with E-state index in [1.165, 1.54) is 59.0 Å². The highest BCUT2D eigenvalue weighted by molar-refractivity contribution is 7.22. The molecule has 0 atom stereocenters. The standard InChI is InChI=1S/C53H35N3Si/c1-4-16-38(17-5-1)51-54-52(39-29-27-37(28-30-39)46-26-14-20-36-15-12-13-25-45(36)46)56-53(55-51)42-31-32-47-48-33-40-18-10-11-19-41(40)34-50(48)57(49(47)35-42,43-21-6-2-7-22-43)44-23-8-3-9-24-44/h1-35H. The second-order valence-corrected chi connectivity index (χ2v) is 18.5. The molecule has 0 N–H and O–H groups in total. The van der Waals surface area contributed by atoms with Crippen molar-refractivity contribution in [1.29, 1.82) is 0 Å². The van der Waals surface area contributed by atoms with Crippen molar-refractivity contribution in [1.82, 2.24) is 15.0 Å². The minimum atomic E-state index is -2.79. The highest BCUT2D eigenvalue weighted by Crippen LogP contribution is 2.35. The van der Waals surface area contributed by atoms with E-state index in [2.05, 4.69) is 194 Å².